The van der Waals surface area contributed by atoms with Crippen LogP contribution in [0.1, 0.15) is 67.8 Å². The van der Waals surface area contributed by atoms with Gasteiger partial charge in [0.05, 0.1) is 4.90 Å². The maximum Gasteiger partial charge on any atom is 0.255 e. The van der Waals surface area contributed by atoms with Crippen LogP contribution in [0.2, 0.25) is 0 Å². The Morgan fingerprint density at radius 3 is 2.31 bits per heavy atom. The number of rotatable bonds is 7. The maximum absolute atomic E-state index is 13.5. The Kier molecular flexibility index (Phi) is 7.18. The molecule has 2 bridgehead atoms. The SMILES string of the molecule is Cc1ccccc1C(=O)Nc1ccc(S(=O)(=O)NC(C)CC2CC3CCCC(C3)C2)c2ccccc12. The molecule has 0 spiro atoms. The fraction of sp³-hybridized carbons (Fsp3) is 0.433. The highest BCUT2D eigenvalue weighted by atomic mass is 32.2. The topological polar surface area (TPSA) is 75.3 Å². The molecule has 1 amide bonds. The standard InChI is InChI=1S/C30H36N2O3S/c1-20-8-3-4-11-25(20)30(33)31-28-14-15-29(27-13-6-5-12-26(27)28)36(34,35)32-21(2)16-24-18-22-9-7-10-23(17-22)19-24/h3-6,8,11-15,21-24,32H,7,9-10,16-19H2,1-2H3,(H,31,33). The van der Waals surface area contributed by atoms with Gasteiger partial charge in [-0.2, -0.15) is 0 Å². The fourth-order valence-corrected chi connectivity index (χ4v) is 8.04. The Bertz CT molecular complexity index is 1360. The van der Waals surface area contributed by atoms with E-state index in [1.807, 2.05) is 50.2 Å². The normalized spacial score (nSPS) is 22.8. The van der Waals surface area contributed by atoms with Crippen LogP contribution in [0.5, 0.6) is 0 Å². The second-order valence-corrected chi connectivity index (χ2v) is 12.6. The van der Waals surface area contributed by atoms with E-state index in [0.717, 1.165) is 23.8 Å². The number of hydrogen-bond donors (Lipinski definition) is 2. The largest absolute Gasteiger partial charge is 0.321 e. The van der Waals surface area contributed by atoms with Crippen molar-refractivity contribution in [2.24, 2.45) is 17.8 Å². The Morgan fingerprint density at radius 1 is 0.917 bits per heavy atom. The molecular formula is C30H36N2O3S. The maximum atomic E-state index is 13.5. The summed E-state index contributed by atoms with van der Waals surface area (Å²) in [6, 6.07) is 17.9. The second-order valence-electron chi connectivity index (χ2n) is 10.9. The zero-order chi connectivity index (χ0) is 25.3. The molecule has 0 aliphatic heterocycles. The Hall–Kier alpha value is -2.70. The van der Waals surface area contributed by atoms with Crippen LogP contribution in [0.3, 0.4) is 0 Å². The molecule has 2 fully saturated rings. The van der Waals surface area contributed by atoms with Gasteiger partial charge in [0.25, 0.3) is 5.91 Å². The summed E-state index contributed by atoms with van der Waals surface area (Å²) in [5, 5.41) is 4.29. The molecule has 3 unspecified atom stereocenters. The molecule has 5 rings (SSSR count). The molecule has 0 heterocycles. The average Bonchev–Trinajstić information content (AvgIpc) is 2.83. The molecule has 6 heteroatoms. The van der Waals surface area contributed by atoms with Crippen molar-refractivity contribution < 1.29 is 13.2 Å². The summed E-state index contributed by atoms with van der Waals surface area (Å²) < 4.78 is 29.9. The fourth-order valence-electron chi connectivity index (χ4n) is 6.57. The molecule has 36 heavy (non-hydrogen) atoms. The third kappa shape index (κ3) is 5.35. The molecule has 2 aliphatic carbocycles. The summed E-state index contributed by atoms with van der Waals surface area (Å²) in [4.78, 5) is 13.2. The number of carbonyl (C=O) groups excluding carboxylic acids is 1. The van der Waals surface area contributed by atoms with Gasteiger partial charge >= 0.3 is 0 Å². The first-order valence-electron chi connectivity index (χ1n) is 13.2. The van der Waals surface area contributed by atoms with Gasteiger partial charge in [-0.25, -0.2) is 13.1 Å². The first-order chi connectivity index (χ1) is 17.3. The van der Waals surface area contributed by atoms with E-state index in [0.29, 0.717) is 27.9 Å². The number of fused-ring (bicyclic) bond motifs is 3. The van der Waals surface area contributed by atoms with Gasteiger partial charge in [0.1, 0.15) is 0 Å². The van der Waals surface area contributed by atoms with Crippen molar-refractivity contribution >= 4 is 32.4 Å². The molecule has 2 aliphatic rings. The number of hydrogen-bond acceptors (Lipinski definition) is 3. The van der Waals surface area contributed by atoms with Crippen molar-refractivity contribution in [3.8, 4) is 0 Å². The van der Waals surface area contributed by atoms with Gasteiger partial charge in [-0.15, -0.1) is 0 Å². The number of amides is 1. The molecule has 3 aromatic rings. The smallest absolute Gasteiger partial charge is 0.255 e. The number of benzene rings is 3. The van der Waals surface area contributed by atoms with Gasteiger partial charge in [-0.05, 0) is 81.0 Å². The third-order valence-electron chi connectivity index (χ3n) is 8.08. The number of carbonyl (C=O) groups is 1. The lowest BCUT2D eigenvalue weighted by molar-refractivity contribution is 0.102. The highest BCUT2D eigenvalue weighted by molar-refractivity contribution is 7.89. The Balaban J connectivity index is 1.35. The summed E-state index contributed by atoms with van der Waals surface area (Å²) in [5.41, 5.74) is 2.08. The van der Waals surface area contributed by atoms with Gasteiger partial charge in [-0.1, -0.05) is 61.7 Å². The highest BCUT2D eigenvalue weighted by Gasteiger charge is 2.33. The lowest BCUT2D eigenvalue weighted by Crippen LogP contribution is -2.36. The van der Waals surface area contributed by atoms with E-state index >= 15 is 0 Å². The van der Waals surface area contributed by atoms with E-state index in [1.165, 1.54) is 38.5 Å². The molecule has 3 aromatic carbocycles. The average molecular weight is 505 g/mol. The molecule has 5 nitrogen and oxygen atoms in total. The number of anilines is 1. The predicted molar refractivity (Wildman–Crippen MR) is 146 cm³/mol. The van der Waals surface area contributed by atoms with Crippen molar-refractivity contribution in [2.75, 3.05) is 5.32 Å². The molecular weight excluding hydrogens is 468 g/mol. The monoisotopic (exact) mass is 504 g/mol. The van der Waals surface area contributed by atoms with Crippen molar-refractivity contribution in [1.82, 2.24) is 4.72 Å². The van der Waals surface area contributed by atoms with Crippen LogP contribution in [-0.2, 0) is 10.0 Å². The van der Waals surface area contributed by atoms with Crippen LogP contribution in [0.25, 0.3) is 10.8 Å². The second kappa shape index (κ2) is 10.3. The molecule has 190 valence electrons. The minimum Gasteiger partial charge on any atom is -0.321 e. The van der Waals surface area contributed by atoms with Crippen molar-refractivity contribution in [3.05, 3.63) is 71.8 Å². The van der Waals surface area contributed by atoms with Gasteiger partial charge in [0.2, 0.25) is 10.0 Å². The lowest BCUT2D eigenvalue weighted by atomic mass is 9.67. The summed E-state index contributed by atoms with van der Waals surface area (Å²) in [5.74, 6) is 2.05. The Labute approximate surface area is 214 Å². The van der Waals surface area contributed by atoms with E-state index in [1.54, 1.807) is 24.3 Å². The zero-order valence-electron chi connectivity index (χ0n) is 21.2. The first kappa shape index (κ1) is 25.0. The first-order valence-corrected chi connectivity index (χ1v) is 14.7. The van der Waals surface area contributed by atoms with Crippen molar-refractivity contribution in [1.29, 1.82) is 0 Å². The van der Waals surface area contributed by atoms with Crippen LogP contribution in [0, 0.1) is 24.7 Å². The van der Waals surface area contributed by atoms with Crippen LogP contribution < -0.4 is 10.0 Å². The predicted octanol–water partition coefficient (Wildman–Crippen LogP) is 6.67. The molecule has 0 aromatic heterocycles. The number of aryl methyl sites for hydroxylation is 1. The van der Waals surface area contributed by atoms with Crippen LogP contribution in [-0.4, -0.2) is 20.4 Å². The molecule has 2 saturated carbocycles. The summed E-state index contributed by atoms with van der Waals surface area (Å²) in [7, 11) is -3.72. The third-order valence-corrected chi connectivity index (χ3v) is 9.73. The summed E-state index contributed by atoms with van der Waals surface area (Å²) >= 11 is 0. The van der Waals surface area contributed by atoms with Crippen molar-refractivity contribution in [3.63, 3.8) is 0 Å². The molecule has 0 saturated heterocycles. The van der Waals surface area contributed by atoms with E-state index in [-0.39, 0.29) is 16.8 Å². The molecule has 0 radical (unpaired) electrons. The number of sulfonamides is 1. The van der Waals surface area contributed by atoms with Gasteiger partial charge < -0.3 is 5.32 Å². The summed E-state index contributed by atoms with van der Waals surface area (Å²) in [6.07, 6.45) is 8.77. The summed E-state index contributed by atoms with van der Waals surface area (Å²) in [6.45, 7) is 3.89. The van der Waals surface area contributed by atoms with Crippen LogP contribution in [0.4, 0.5) is 5.69 Å². The highest BCUT2D eigenvalue weighted by Crippen LogP contribution is 2.44. The quantitative estimate of drug-likeness (QED) is 0.377. The minimum atomic E-state index is -3.72. The van der Waals surface area contributed by atoms with E-state index in [2.05, 4.69) is 10.0 Å². The zero-order valence-corrected chi connectivity index (χ0v) is 22.0. The number of nitrogens with one attached hydrogen (secondary N) is 2. The minimum absolute atomic E-state index is 0.127. The van der Waals surface area contributed by atoms with E-state index in [4.69, 9.17) is 0 Å². The van der Waals surface area contributed by atoms with Crippen LogP contribution in [0.15, 0.2) is 65.6 Å². The lowest BCUT2D eigenvalue weighted by Gasteiger charge is -2.39. The van der Waals surface area contributed by atoms with E-state index < -0.39 is 10.0 Å². The van der Waals surface area contributed by atoms with Gasteiger partial charge in [0, 0.05) is 28.1 Å². The van der Waals surface area contributed by atoms with Gasteiger partial charge in [-0.3, -0.25) is 4.79 Å². The van der Waals surface area contributed by atoms with Crippen LogP contribution >= 0.6 is 0 Å². The Morgan fingerprint density at radius 2 is 1.58 bits per heavy atom. The molecule has 2 N–H and O–H groups in total. The van der Waals surface area contributed by atoms with E-state index in [9.17, 15) is 13.2 Å². The van der Waals surface area contributed by atoms with Crippen molar-refractivity contribution in [2.45, 2.75) is 69.7 Å². The van der Waals surface area contributed by atoms with Gasteiger partial charge in [0.15, 0.2) is 0 Å². The molecule has 3 atom stereocenters.